The third-order valence-electron chi connectivity index (χ3n) is 4.77. The lowest BCUT2D eigenvalue weighted by molar-refractivity contribution is -0.120. The molecule has 2 N–H and O–H groups in total. The molecule has 0 saturated carbocycles. The molecule has 0 saturated heterocycles. The highest BCUT2D eigenvalue weighted by atomic mass is 32.2. The minimum atomic E-state index is -3.77. The van der Waals surface area contributed by atoms with E-state index < -0.39 is 10.0 Å². The van der Waals surface area contributed by atoms with Crippen molar-refractivity contribution in [3.05, 3.63) is 66.4 Å². The molecule has 2 aromatic carbocycles. The van der Waals surface area contributed by atoms with E-state index in [0.29, 0.717) is 12.1 Å². The van der Waals surface area contributed by atoms with Crippen LogP contribution in [0, 0.1) is 0 Å². The average Bonchev–Trinajstić information content (AvgIpc) is 3.14. The van der Waals surface area contributed by atoms with Crippen LogP contribution in [0.5, 0.6) is 0 Å². The van der Waals surface area contributed by atoms with E-state index in [9.17, 15) is 18.0 Å². The zero-order chi connectivity index (χ0) is 21.6. The number of carbonyl (C=O) groups is 2. The van der Waals surface area contributed by atoms with Gasteiger partial charge in [-0.3, -0.25) is 9.59 Å². The molecule has 3 aromatic rings. The van der Waals surface area contributed by atoms with Gasteiger partial charge in [0.1, 0.15) is 0 Å². The molecule has 0 spiro atoms. The maximum Gasteiger partial charge on any atom is 0.240 e. The molecule has 0 radical (unpaired) electrons. The van der Waals surface area contributed by atoms with Crippen LogP contribution >= 0.6 is 0 Å². The summed E-state index contributed by atoms with van der Waals surface area (Å²) in [7, 11) is -3.77. The first-order valence-electron chi connectivity index (χ1n) is 9.78. The molecule has 0 aliphatic rings. The molecule has 7 nitrogen and oxygen atoms in total. The molecular formula is C22H25N3O4S. The number of benzene rings is 2. The van der Waals surface area contributed by atoms with Gasteiger partial charge < -0.3 is 9.88 Å². The van der Waals surface area contributed by atoms with Crippen molar-refractivity contribution < 1.29 is 18.0 Å². The van der Waals surface area contributed by atoms with Gasteiger partial charge in [0.2, 0.25) is 15.9 Å². The van der Waals surface area contributed by atoms with Crippen molar-refractivity contribution >= 4 is 32.6 Å². The van der Waals surface area contributed by atoms with Gasteiger partial charge in [-0.05, 0) is 43.0 Å². The number of Topliss-reactive ketones (excluding diaryl/α,β-unsaturated/α-hetero) is 1. The molecule has 1 heterocycles. The van der Waals surface area contributed by atoms with Crippen molar-refractivity contribution in [2.24, 2.45) is 0 Å². The number of nitrogens with zero attached hydrogens (tertiary/aromatic N) is 1. The van der Waals surface area contributed by atoms with Crippen molar-refractivity contribution in [3.63, 3.8) is 0 Å². The van der Waals surface area contributed by atoms with Crippen LogP contribution in [0.1, 0.15) is 30.1 Å². The third kappa shape index (κ3) is 5.55. The maximum absolute atomic E-state index is 12.3. The molecule has 3 rings (SSSR count). The fraction of sp³-hybridized carbons (Fsp3) is 0.273. The van der Waals surface area contributed by atoms with E-state index in [0.717, 1.165) is 18.5 Å². The van der Waals surface area contributed by atoms with Crippen molar-refractivity contribution in [2.75, 3.05) is 13.1 Å². The van der Waals surface area contributed by atoms with Gasteiger partial charge >= 0.3 is 0 Å². The normalized spacial score (nSPS) is 11.5. The SMILES string of the molecule is CC(=O)c1cccc(S(=O)(=O)NCCC(=O)NCCCn2ccc3ccccc32)c1. The van der Waals surface area contributed by atoms with Crippen LogP contribution in [0.3, 0.4) is 0 Å². The standard InChI is InChI=1S/C22H25N3O4S/c1-17(26)19-7-4-8-20(16-19)30(28,29)24-13-10-22(27)23-12-5-14-25-15-11-18-6-2-3-9-21(18)25/h2-4,6-9,11,15-16,24H,5,10,12-14H2,1H3,(H,23,27). The van der Waals surface area contributed by atoms with E-state index >= 15 is 0 Å². The fourth-order valence-electron chi connectivity index (χ4n) is 3.17. The summed E-state index contributed by atoms with van der Waals surface area (Å²) >= 11 is 0. The molecule has 0 bridgehead atoms. The predicted molar refractivity (Wildman–Crippen MR) is 116 cm³/mol. The number of hydrogen-bond acceptors (Lipinski definition) is 4. The number of rotatable bonds is 10. The minimum absolute atomic E-state index is 0.00885. The van der Waals surface area contributed by atoms with Gasteiger partial charge in [-0.15, -0.1) is 0 Å². The van der Waals surface area contributed by atoms with E-state index in [1.165, 1.54) is 30.5 Å². The quantitative estimate of drug-likeness (QED) is 0.384. The Morgan fingerprint density at radius 2 is 1.80 bits per heavy atom. The number of aromatic nitrogens is 1. The predicted octanol–water partition coefficient (Wildman–Crippen LogP) is 2.72. The summed E-state index contributed by atoms with van der Waals surface area (Å²) in [4.78, 5) is 23.4. The average molecular weight is 428 g/mol. The van der Waals surface area contributed by atoms with Gasteiger partial charge in [-0.1, -0.05) is 30.3 Å². The number of sulfonamides is 1. The fourth-order valence-corrected chi connectivity index (χ4v) is 4.24. The highest BCUT2D eigenvalue weighted by molar-refractivity contribution is 7.89. The van der Waals surface area contributed by atoms with Crippen molar-refractivity contribution in [1.29, 1.82) is 0 Å². The van der Waals surface area contributed by atoms with Gasteiger partial charge in [0, 0.05) is 43.3 Å². The lowest BCUT2D eigenvalue weighted by Crippen LogP contribution is -2.31. The Morgan fingerprint density at radius 1 is 1.00 bits per heavy atom. The van der Waals surface area contributed by atoms with Crippen LogP contribution in [-0.2, 0) is 21.4 Å². The molecular weight excluding hydrogens is 402 g/mol. The van der Waals surface area contributed by atoms with Crippen LogP contribution in [0.25, 0.3) is 10.9 Å². The first-order valence-corrected chi connectivity index (χ1v) is 11.3. The number of amides is 1. The molecule has 1 amide bonds. The summed E-state index contributed by atoms with van der Waals surface area (Å²) in [5.74, 6) is -0.424. The Labute approximate surface area is 176 Å². The lowest BCUT2D eigenvalue weighted by Gasteiger charge is -2.09. The highest BCUT2D eigenvalue weighted by Gasteiger charge is 2.15. The number of ketones is 1. The molecule has 158 valence electrons. The summed E-state index contributed by atoms with van der Waals surface area (Å²) in [6.45, 7) is 2.66. The molecule has 30 heavy (non-hydrogen) atoms. The van der Waals surface area contributed by atoms with E-state index in [1.54, 1.807) is 6.07 Å². The van der Waals surface area contributed by atoms with Crippen LogP contribution in [0.2, 0.25) is 0 Å². The van der Waals surface area contributed by atoms with E-state index in [-0.39, 0.29) is 29.6 Å². The van der Waals surface area contributed by atoms with Gasteiger partial charge in [0.05, 0.1) is 4.90 Å². The van der Waals surface area contributed by atoms with Crippen LogP contribution in [0.15, 0.2) is 65.7 Å². The summed E-state index contributed by atoms with van der Waals surface area (Å²) in [6, 6.07) is 16.0. The Hall–Kier alpha value is -2.97. The molecule has 8 heteroatoms. The topological polar surface area (TPSA) is 97.3 Å². The number of para-hydroxylation sites is 1. The molecule has 0 atom stereocenters. The Balaban J connectivity index is 1.40. The van der Waals surface area contributed by atoms with Gasteiger partial charge in [-0.2, -0.15) is 0 Å². The number of nitrogens with one attached hydrogen (secondary N) is 2. The zero-order valence-corrected chi connectivity index (χ0v) is 17.6. The molecule has 1 aromatic heterocycles. The van der Waals surface area contributed by atoms with Gasteiger partial charge in [0.25, 0.3) is 0 Å². The van der Waals surface area contributed by atoms with Crippen molar-refractivity contribution in [1.82, 2.24) is 14.6 Å². The third-order valence-corrected chi connectivity index (χ3v) is 6.23. The Morgan fingerprint density at radius 3 is 2.60 bits per heavy atom. The molecule has 0 aliphatic carbocycles. The van der Waals surface area contributed by atoms with E-state index in [4.69, 9.17) is 0 Å². The number of aryl methyl sites for hydroxylation is 1. The van der Waals surface area contributed by atoms with Crippen molar-refractivity contribution in [3.8, 4) is 0 Å². The second kappa shape index (κ2) is 9.69. The van der Waals surface area contributed by atoms with Crippen LogP contribution in [-0.4, -0.2) is 37.8 Å². The highest BCUT2D eigenvalue weighted by Crippen LogP contribution is 2.15. The zero-order valence-electron chi connectivity index (χ0n) is 16.8. The summed E-state index contributed by atoms with van der Waals surface area (Å²) in [5, 5.41) is 3.99. The maximum atomic E-state index is 12.3. The second-order valence-electron chi connectivity index (χ2n) is 7.00. The number of carbonyl (C=O) groups excluding carboxylic acids is 2. The Kier molecular flexibility index (Phi) is 7.02. The first kappa shape index (κ1) is 21.7. The lowest BCUT2D eigenvalue weighted by atomic mass is 10.2. The van der Waals surface area contributed by atoms with Crippen LogP contribution in [0.4, 0.5) is 0 Å². The van der Waals surface area contributed by atoms with E-state index in [2.05, 4.69) is 32.8 Å². The minimum Gasteiger partial charge on any atom is -0.356 e. The van der Waals surface area contributed by atoms with E-state index in [1.807, 2.05) is 18.3 Å². The summed E-state index contributed by atoms with van der Waals surface area (Å²) in [5.41, 5.74) is 1.48. The number of fused-ring (bicyclic) bond motifs is 1. The molecule has 0 fully saturated rings. The van der Waals surface area contributed by atoms with Crippen molar-refractivity contribution in [2.45, 2.75) is 31.2 Å². The van der Waals surface area contributed by atoms with Gasteiger partial charge in [0.15, 0.2) is 5.78 Å². The van der Waals surface area contributed by atoms with Crippen LogP contribution < -0.4 is 10.0 Å². The summed E-state index contributed by atoms with van der Waals surface area (Å²) < 4.78 is 29.2. The summed E-state index contributed by atoms with van der Waals surface area (Å²) in [6.07, 6.45) is 2.84. The monoisotopic (exact) mass is 427 g/mol. The molecule has 0 unspecified atom stereocenters. The Bertz CT molecular complexity index is 1150. The molecule has 0 aliphatic heterocycles. The smallest absolute Gasteiger partial charge is 0.240 e. The number of hydrogen-bond donors (Lipinski definition) is 2. The largest absolute Gasteiger partial charge is 0.356 e. The first-order chi connectivity index (χ1) is 14.4. The van der Waals surface area contributed by atoms with Gasteiger partial charge in [-0.25, -0.2) is 13.1 Å². The second-order valence-corrected chi connectivity index (χ2v) is 8.77.